The first-order valence-electron chi connectivity index (χ1n) is 10.3. The summed E-state index contributed by atoms with van der Waals surface area (Å²) in [5, 5.41) is 7.24. The van der Waals surface area contributed by atoms with Crippen LogP contribution in [-0.2, 0) is 4.79 Å². The number of amides is 1. The van der Waals surface area contributed by atoms with Crippen molar-refractivity contribution in [2.75, 3.05) is 40.8 Å². The van der Waals surface area contributed by atoms with Gasteiger partial charge in [-0.3, -0.25) is 14.7 Å². The molecule has 2 unspecified atom stereocenters. The minimum Gasteiger partial charge on any atom is -0.356 e. The van der Waals surface area contributed by atoms with Crippen LogP contribution in [0.4, 0.5) is 0 Å². The van der Waals surface area contributed by atoms with Gasteiger partial charge in [0.05, 0.1) is 6.54 Å². The number of rotatable bonds is 5. The lowest BCUT2D eigenvalue weighted by atomic mass is 9.85. The molecule has 6 nitrogen and oxygen atoms in total. The molecule has 29 heavy (non-hydrogen) atoms. The summed E-state index contributed by atoms with van der Waals surface area (Å²) in [4.78, 5) is 20.9. The van der Waals surface area contributed by atoms with Crippen LogP contribution in [0.3, 0.4) is 0 Å². The van der Waals surface area contributed by atoms with Gasteiger partial charge < -0.3 is 15.5 Å². The average Bonchev–Trinajstić information content (AvgIpc) is 2.60. The molecule has 7 heteroatoms. The lowest BCUT2D eigenvalue weighted by Gasteiger charge is -2.40. The smallest absolute Gasteiger partial charge is 0.240 e. The molecule has 1 aromatic rings. The van der Waals surface area contributed by atoms with Crippen LogP contribution >= 0.6 is 11.6 Å². The van der Waals surface area contributed by atoms with Gasteiger partial charge in [0.2, 0.25) is 5.91 Å². The molecule has 162 valence electrons. The van der Waals surface area contributed by atoms with E-state index in [2.05, 4.69) is 39.7 Å². The highest BCUT2D eigenvalue weighted by atomic mass is 35.5. The summed E-state index contributed by atoms with van der Waals surface area (Å²) in [5.41, 5.74) is 1.01. The predicted molar refractivity (Wildman–Crippen MR) is 121 cm³/mol. The first-order valence-corrected chi connectivity index (χ1v) is 10.7. The second-order valence-electron chi connectivity index (χ2n) is 8.97. The standard InChI is InChI=1S/C22H36ClN5O/c1-22(2,3)26-19(29)15-28(6)21(24-4)25-14-17-10-8-12-27(5)20(17)16-9-7-11-18(23)13-16/h7,9,11,13,17,20H,8,10,12,14-15H2,1-6H3,(H,24,25)(H,26,29). The zero-order valence-electron chi connectivity index (χ0n) is 18.6. The number of carbonyl (C=O) groups is 1. The summed E-state index contributed by atoms with van der Waals surface area (Å²) >= 11 is 6.25. The van der Waals surface area contributed by atoms with Crippen LogP contribution in [0.2, 0.25) is 5.02 Å². The van der Waals surface area contributed by atoms with Gasteiger partial charge in [-0.25, -0.2) is 0 Å². The number of piperidine rings is 1. The maximum atomic E-state index is 12.3. The molecular weight excluding hydrogens is 386 g/mol. The molecule has 1 fully saturated rings. The Morgan fingerprint density at radius 3 is 2.72 bits per heavy atom. The van der Waals surface area contributed by atoms with Crippen molar-refractivity contribution < 1.29 is 4.79 Å². The molecule has 2 rings (SSSR count). The zero-order valence-corrected chi connectivity index (χ0v) is 19.4. The number of hydrogen-bond donors (Lipinski definition) is 2. The Morgan fingerprint density at radius 1 is 1.38 bits per heavy atom. The van der Waals surface area contributed by atoms with Crippen molar-refractivity contribution in [1.29, 1.82) is 0 Å². The van der Waals surface area contributed by atoms with Crippen molar-refractivity contribution in [3.8, 4) is 0 Å². The maximum absolute atomic E-state index is 12.3. The van der Waals surface area contributed by atoms with Gasteiger partial charge >= 0.3 is 0 Å². The molecule has 2 atom stereocenters. The van der Waals surface area contributed by atoms with E-state index in [0.29, 0.717) is 12.0 Å². The Morgan fingerprint density at radius 2 is 2.10 bits per heavy atom. The number of nitrogens with zero attached hydrogens (tertiary/aromatic N) is 3. The fourth-order valence-corrected chi connectivity index (χ4v) is 4.24. The topological polar surface area (TPSA) is 60.0 Å². The van der Waals surface area contributed by atoms with Gasteiger partial charge in [0, 0.05) is 37.2 Å². The number of likely N-dealkylation sites (tertiary alicyclic amines) is 1. The van der Waals surface area contributed by atoms with Crippen molar-refractivity contribution in [3.63, 3.8) is 0 Å². The third-order valence-corrected chi connectivity index (χ3v) is 5.42. The van der Waals surface area contributed by atoms with Crippen molar-refractivity contribution >= 4 is 23.5 Å². The summed E-state index contributed by atoms with van der Waals surface area (Å²) in [6.07, 6.45) is 2.31. The lowest BCUT2D eigenvalue weighted by Crippen LogP contribution is -2.50. The molecule has 0 saturated carbocycles. The van der Waals surface area contributed by atoms with Gasteiger partial charge in [-0.15, -0.1) is 0 Å². The van der Waals surface area contributed by atoms with Gasteiger partial charge in [-0.1, -0.05) is 23.7 Å². The summed E-state index contributed by atoms with van der Waals surface area (Å²) in [6.45, 7) is 8.07. The zero-order chi connectivity index (χ0) is 21.6. The largest absolute Gasteiger partial charge is 0.356 e. The van der Waals surface area contributed by atoms with Gasteiger partial charge in [0.25, 0.3) is 0 Å². The highest BCUT2D eigenvalue weighted by Gasteiger charge is 2.31. The monoisotopic (exact) mass is 421 g/mol. The molecule has 1 aromatic carbocycles. The summed E-state index contributed by atoms with van der Waals surface area (Å²) in [5.74, 6) is 1.14. The molecule has 2 N–H and O–H groups in total. The molecule has 0 spiro atoms. The number of nitrogens with one attached hydrogen (secondary N) is 2. The molecule has 0 bridgehead atoms. The Labute approximate surface area is 180 Å². The van der Waals surface area contributed by atoms with E-state index in [4.69, 9.17) is 11.6 Å². The van der Waals surface area contributed by atoms with Crippen LogP contribution < -0.4 is 10.6 Å². The number of likely N-dealkylation sites (N-methyl/N-ethyl adjacent to an activating group) is 1. The van der Waals surface area contributed by atoms with Gasteiger partial charge in [0.1, 0.15) is 0 Å². The Balaban J connectivity index is 2.01. The molecule has 0 radical (unpaired) electrons. The first-order chi connectivity index (χ1) is 13.6. The molecular formula is C22H36ClN5O. The maximum Gasteiger partial charge on any atom is 0.240 e. The second kappa shape index (κ2) is 10.3. The molecule has 1 amide bonds. The number of benzene rings is 1. The van der Waals surface area contributed by atoms with Crippen molar-refractivity contribution in [2.45, 2.75) is 45.2 Å². The van der Waals surface area contributed by atoms with E-state index in [1.807, 2.05) is 44.9 Å². The van der Waals surface area contributed by atoms with Crippen molar-refractivity contribution in [2.24, 2.45) is 10.9 Å². The van der Waals surface area contributed by atoms with E-state index in [0.717, 1.165) is 30.5 Å². The predicted octanol–water partition coefficient (Wildman–Crippen LogP) is 3.14. The molecule has 1 aliphatic heterocycles. The number of hydrogen-bond acceptors (Lipinski definition) is 3. The van der Waals surface area contributed by atoms with Crippen LogP contribution in [0.15, 0.2) is 29.3 Å². The lowest BCUT2D eigenvalue weighted by molar-refractivity contribution is -0.122. The molecule has 0 aliphatic carbocycles. The van der Waals surface area contributed by atoms with Crippen LogP contribution in [0.1, 0.15) is 45.2 Å². The number of halogens is 1. The number of aliphatic imine (C=N–C) groups is 1. The fourth-order valence-electron chi connectivity index (χ4n) is 4.05. The van der Waals surface area contributed by atoms with E-state index < -0.39 is 0 Å². The van der Waals surface area contributed by atoms with Crippen LogP contribution in [-0.4, -0.2) is 68.0 Å². The summed E-state index contributed by atoms with van der Waals surface area (Å²) in [7, 11) is 5.82. The minimum atomic E-state index is -0.244. The molecule has 1 aliphatic rings. The SMILES string of the molecule is CN=C(NCC1CCCN(C)C1c1cccc(Cl)c1)N(C)CC(=O)NC(C)(C)C. The highest BCUT2D eigenvalue weighted by molar-refractivity contribution is 6.30. The van der Waals surface area contributed by atoms with Crippen molar-refractivity contribution in [1.82, 2.24) is 20.4 Å². The molecule has 1 heterocycles. The van der Waals surface area contributed by atoms with Gasteiger partial charge in [-0.2, -0.15) is 0 Å². The Bertz CT molecular complexity index is 715. The molecule has 1 saturated heterocycles. The normalized spacial score (nSPS) is 21.0. The Hall–Kier alpha value is -1.79. The van der Waals surface area contributed by atoms with E-state index >= 15 is 0 Å². The van der Waals surface area contributed by atoms with Crippen LogP contribution in [0.5, 0.6) is 0 Å². The quantitative estimate of drug-likeness (QED) is 0.566. The van der Waals surface area contributed by atoms with Crippen LogP contribution in [0, 0.1) is 5.92 Å². The van der Waals surface area contributed by atoms with E-state index in [1.54, 1.807) is 7.05 Å². The molecule has 0 aromatic heterocycles. The summed E-state index contributed by atoms with van der Waals surface area (Å²) < 4.78 is 0. The minimum absolute atomic E-state index is 0.0165. The Kier molecular flexibility index (Phi) is 8.34. The first kappa shape index (κ1) is 23.5. The van der Waals surface area contributed by atoms with E-state index in [9.17, 15) is 4.79 Å². The van der Waals surface area contributed by atoms with Gasteiger partial charge in [-0.05, 0) is 70.8 Å². The van der Waals surface area contributed by atoms with E-state index in [1.165, 1.54) is 12.0 Å². The van der Waals surface area contributed by atoms with E-state index in [-0.39, 0.29) is 18.0 Å². The number of carbonyl (C=O) groups excluding carboxylic acids is 1. The summed E-state index contributed by atoms with van der Waals surface area (Å²) in [6, 6.07) is 8.47. The fraction of sp³-hybridized carbons (Fsp3) is 0.636. The van der Waals surface area contributed by atoms with Gasteiger partial charge in [0.15, 0.2) is 5.96 Å². The highest BCUT2D eigenvalue weighted by Crippen LogP contribution is 2.35. The average molecular weight is 422 g/mol. The third kappa shape index (κ3) is 7.19. The van der Waals surface area contributed by atoms with Crippen molar-refractivity contribution in [3.05, 3.63) is 34.9 Å². The number of guanidine groups is 1. The second-order valence-corrected chi connectivity index (χ2v) is 9.40. The third-order valence-electron chi connectivity index (χ3n) is 5.19. The van der Waals surface area contributed by atoms with Crippen LogP contribution in [0.25, 0.3) is 0 Å².